The number of carbonyl (C=O) groups excluding carboxylic acids is 11. The van der Waals surface area contributed by atoms with Crippen molar-refractivity contribution in [3.63, 3.8) is 0 Å². The van der Waals surface area contributed by atoms with Crippen molar-refractivity contribution >= 4 is 82.6 Å². The summed E-state index contributed by atoms with van der Waals surface area (Å²) < 4.78 is 0. The van der Waals surface area contributed by atoms with Crippen molar-refractivity contribution in [1.82, 2.24) is 52.3 Å². The minimum atomic E-state index is -1.69. The van der Waals surface area contributed by atoms with E-state index >= 15 is 0 Å². The highest BCUT2D eigenvalue weighted by Crippen LogP contribution is 2.22. The standard InChI is InChI=1S/C55H81N13O13S/c1-31(53(80)68-26-15-22-43(68)50(77)63-38(20-13-24-58-55(56)57)48(75)65-41(29-37-18-11-8-12-19-37)54(81)67-25-14-21-42(67)32(2)69)60-51(78)46(34(4)71)66-49(76)40(28-36-16-9-7-10-17-36)62-44(73)30-59-47(74)39(23-27-82-6)64-52(79)45(33(3)70)61-35(5)72/h7-12,16-19,31,33-34,38-43,45-46,70-71H,13-15,20-30H2,1-6H3,(H,59,74)(H,60,78)(H,61,72)(H,62,73)(H,63,77)(H,64,79)(H,65,75)(H,66,76)(H4,56,57,58)/t31-,33+,34+,38-,39-,40-,41-,42-,43-,45-,46-/m0/s1. The van der Waals surface area contributed by atoms with Crippen LogP contribution in [0.2, 0.25) is 0 Å². The van der Waals surface area contributed by atoms with Gasteiger partial charge in [-0.05, 0) is 95.8 Å². The first-order chi connectivity index (χ1) is 38.9. The Bertz CT molecular complexity index is 2570. The number of hydrogen-bond donors (Lipinski definition) is 12. The summed E-state index contributed by atoms with van der Waals surface area (Å²) >= 11 is 1.38. The summed E-state index contributed by atoms with van der Waals surface area (Å²) in [5, 5.41) is 41.4. The van der Waals surface area contributed by atoms with Crippen molar-refractivity contribution in [2.75, 3.05) is 38.2 Å². The summed E-state index contributed by atoms with van der Waals surface area (Å²) in [4.78, 5) is 156. The highest BCUT2D eigenvalue weighted by atomic mass is 32.2. The Morgan fingerprint density at radius 1 is 0.610 bits per heavy atom. The fraction of sp³-hybridized carbons (Fsp3) is 0.564. The van der Waals surface area contributed by atoms with Gasteiger partial charge in [0.05, 0.1) is 24.8 Å². The fourth-order valence-corrected chi connectivity index (χ4v) is 10.0. The number of hydrogen-bond acceptors (Lipinski definition) is 15. The number of rotatable bonds is 31. The van der Waals surface area contributed by atoms with Crippen molar-refractivity contribution < 1.29 is 63.0 Å². The summed E-state index contributed by atoms with van der Waals surface area (Å²) in [6.07, 6.45) is 0.887. The second-order valence-corrected chi connectivity index (χ2v) is 21.5. The van der Waals surface area contributed by atoms with E-state index in [2.05, 4.69) is 47.5 Å². The molecule has 2 fully saturated rings. The van der Waals surface area contributed by atoms with Gasteiger partial charge in [-0.25, -0.2) is 0 Å². The highest BCUT2D eigenvalue weighted by molar-refractivity contribution is 7.98. The Labute approximate surface area is 481 Å². The van der Waals surface area contributed by atoms with E-state index in [0.717, 1.165) is 12.5 Å². The van der Waals surface area contributed by atoms with Gasteiger partial charge in [0, 0.05) is 39.4 Å². The number of aliphatic hydroxyl groups excluding tert-OH is 2. The Morgan fingerprint density at radius 2 is 1.12 bits per heavy atom. The van der Waals surface area contributed by atoms with Gasteiger partial charge in [0.15, 0.2) is 11.7 Å². The van der Waals surface area contributed by atoms with E-state index in [4.69, 9.17) is 11.5 Å². The first kappa shape index (κ1) is 66.9. The number of likely N-dealkylation sites (tertiary alicyclic amines) is 2. The molecule has 0 bridgehead atoms. The van der Waals surface area contributed by atoms with Crippen LogP contribution in [0.3, 0.4) is 0 Å². The Kier molecular flexibility index (Phi) is 27.2. The molecular formula is C55H81N13O13S. The molecule has 11 atom stereocenters. The number of benzene rings is 2. The van der Waals surface area contributed by atoms with Crippen molar-refractivity contribution in [3.8, 4) is 0 Å². The van der Waals surface area contributed by atoms with Crippen LogP contribution in [0, 0.1) is 0 Å². The first-order valence-electron chi connectivity index (χ1n) is 27.4. The molecule has 450 valence electrons. The third-order valence-corrected chi connectivity index (χ3v) is 14.5. The normalized spacial score (nSPS) is 18.0. The molecule has 0 aromatic heterocycles. The minimum Gasteiger partial charge on any atom is -0.391 e. The minimum absolute atomic E-state index is 0.0157. The van der Waals surface area contributed by atoms with Gasteiger partial charge in [-0.1, -0.05) is 60.7 Å². The van der Waals surface area contributed by atoms with Gasteiger partial charge < -0.3 is 74.0 Å². The number of nitrogens with two attached hydrogens (primary N) is 2. The third-order valence-electron chi connectivity index (χ3n) is 13.8. The maximum Gasteiger partial charge on any atom is 0.246 e. The van der Waals surface area contributed by atoms with Crippen LogP contribution >= 0.6 is 11.8 Å². The number of carbonyl (C=O) groups is 11. The first-order valence-corrected chi connectivity index (χ1v) is 28.8. The van der Waals surface area contributed by atoms with E-state index in [1.54, 1.807) is 60.9 Å². The monoisotopic (exact) mass is 1160 g/mol. The summed E-state index contributed by atoms with van der Waals surface area (Å²) in [6, 6.07) is 6.41. The lowest BCUT2D eigenvalue weighted by Crippen LogP contribution is -2.61. The number of aliphatic hydroxyl groups is 2. The zero-order valence-corrected chi connectivity index (χ0v) is 48.1. The molecule has 2 aromatic carbocycles. The number of guanidine groups is 1. The predicted octanol–water partition coefficient (Wildman–Crippen LogP) is -2.84. The average Bonchev–Trinajstić information content (AvgIpc) is 4.14. The lowest BCUT2D eigenvalue weighted by molar-refractivity contribution is -0.143. The van der Waals surface area contributed by atoms with Crippen LogP contribution in [0.4, 0.5) is 0 Å². The van der Waals surface area contributed by atoms with Gasteiger partial charge in [0.25, 0.3) is 0 Å². The van der Waals surface area contributed by atoms with Crippen LogP contribution in [0.15, 0.2) is 65.7 Å². The van der Waals surface area contributed by atoms with E-state index in [0.29, 0.717) is 37.1 Å². The molecule has 2 saturated heterocycles. The van der Waals surface area contributed by atoms with E-state index < -0.39 is 132 Å². The lowest BCUT2D eigenvalue weighted by Gasteiger charge is -2.31. The second kappa shape index (κ2) is 33.3. The number of thioether (sulfide) groups is 1. The van der Waals surface area contributed by atoms with Gasteiger partial charge >= 0.3 is 0 Å². The van der Waals surface area contributed by atoms with Crippen molar-refractivity contribution in [3.05, 3.63) is 71.8 Å². The molecule has 82 heavy (non-hydrogen) atoms. The Morgan fingerprint density at radius 3 is 1.67 bits per heavy atom. The van der Waals surface area contributed by atoms with Crippen LogP contribution in [-0.4, -0.2) is 196 Å². The van der Waals surface area contributed by atoms with Gasteiger partial charge in [0.1, 0.15) is 48.3 Å². The molecule has 26 nitrogen and oxygen atoms in total. The molecule has 0 saturated carbocycles. The average molecular weight is 1160 g/mol. The SMILES string of the molecule is CSCC[C@H](NC(=O)[C@@H](NC(C)=O)[C@@H](C)O)C(=O)NCC(=O)N[C@@H](Cc1ccccc1)C(=O)N[C@H](C(=O)N[C@@H](C)C(=O)N1CCC[C@H]1C(=O)N[C@@H](CCCN=C(N)N)C(=O)N[C@@H](Cc1ccccc1)C(=O)N1CCC[C@H]1C(C)=O)[C@@H](C)O. The van der Waals surface area contributed by atoms with E-state index in [1.807, 2.05) is 6.07 Å². The van der Waals surface area contributed by atoms with Crippen LogP contribution in [-0.2, 0) is 65.6 Å². The summed E-state index contributed by atoms with van der Waals surface area (Å²) in [7, 11) is 0. The molecule has 27 heteroatoms. The van der Waals surface area contributed by atoms with Gasteiger partial charge in [0.2, 0.25) is 59.1 Å². The maximum atomic E-state index is 14.3. The van der Waals surface area contributed by atoms with Crippen LogP contribution in [0.5, 0.6) is 0 Å². The van der Waals surface area contributed by atoms with Crippen LogP contribution < -0.4 is 54.0 Å². The van der Waals surface area contributed by atoms with E-state index in [-0.39, 0.29) is 63.4 Å². The quantitative estimate of drug-likeness (QED) is 0.0206. The van der Waals surface area contributed by atoms with Crippen LogP contribution in [0.25, 0.3) is 0 Å². The summed E-state index contributed by atoms with van der Waals surface area (Å²) in [5.41, 5.74) is 12.4. The zero-order chi connectivity index (χ0) is 60.6. The van der Waals surface area contributed by atoms with Gasteiger partial charge in [-0.2, -0.15) is 11.8 Å². The highest BCUT2D eigenvalue weighted by Gasteiger charge is 2.41. The second-order valence-electron chi connectivity index (χ2n) is 20.5. The largest absolute Gasteiger partial charge is 0.391 e. The Hall–Kier alpha value is -7.65. The van der Waals surface area contributed by atoms with Crippen molar-refractivity contribution in [1.29, 1.82) is 0 Å². The molecule has 2 aromatic rings. The molecule has 4 rings (SSSR count). The Balaban J connectivity index is 1.46. The molecule has 14 N–H and O–H groups in total. The molecular weight excluding hydrogens is 1080 g/mol. The molecule has 10 amide bonds. The topological polar surface area (TPSA) is 395 Å². The molecule has 0 radical (unpaired) electrons. The van der Waals surface area contributed by atoms with Crippen molar-refractivity contribution in [2.45, 2.75) is 159 Å². The number of Topliss-reactive ketones (excluding diaryl/α,β-unsaturated/α-hetero) is 1. The fourth-order valence-electron chi connectivity index (χ4n) is 9.58. The number of amides is 10. The molecule has 2 heterocycles. The molecule has 2 aliphatic heterocycles. The number of nitrogens with zero attached hydrogens (tertiary/aromatic N) is 3. The van der Waals surface area contributed by atoms with E-state index in [1.165, 1.54) is 49.3 Å². The summed E-state index contributed by atoms with van der Waals surface area (Å²) in [5.74, 6) is -7.45. The third kappa shape index (κ3) is 21.0. The van der Waals surface area contributed by atoms with Crippen molar-refractivity contribution in [2.24, 2.45) is 16.5 Å². The number of nitrogens with one attached hydrogen (secondary N) is 8. The molecule has 2 aliphatic rings. The summed E-state index contributed by atoms with van der Waals surface area (Å²) in [6.45, 7) is 6.29. The smallest absolute Gasteiger partial charge is 0.246 e. The van der Waals surface area contributed by atoms with Gasteiger partial charge in [-0.15, -0.1) is 0 Å². The van der Waals surface area contributed by atoms with Gasteiger partial charge in [-0.3, -0.25) is 57.7 Å². The van der Waals surface area contributed by atoms with E-state index in [9.17, 15) is 63.0 Å². The molecule has 0 aliphatic carbocycles. The zero-order valence-electron chi connectivity index (χ0n) is 47.3. The lowest BCUT2D eigenvalue weighted by atomic mass is 10.0. The number of aliphatic imine (C=N–C) groups is 1. The predicted molar refractivity (Wildman–Crippen MR) is 305 cm³/mol. The number of ketones is 1. The molecule has 0 spiro atoms. The molecule has 0 unspecified atom stereocenters. The maximum absolute atomic E-state index is 14.3. The van der Waals surface area contributed by atoms with Crippen LogP contribution in [0.1, 0.15) is 90.7 Å².